The number of carbonyl (C=O) groups excluding carboxylic acids is 3. The quantitative estimate of drug-likeness (QED) is 0.256. The van der Waals surface area contributed by atoms with Gasteiger partial charge < -0.3 is 9.47 Å². The summed E-state index contributed by atoms with van der Waals surface area (Å²) in [7, 11) is 0. The van der Waals surface area contributed by atoms with E-state index in [0.29, 0.717) is 0 Å². The maximum Gasteiger partial charge on any atom is 0.366 e. The van der Waals surface area contributed by atoms with E-state index >= 15 is 0 Å². The van der Waals surface area contributed by atoms with Crippen molar-refractivity contribution in [3.05, 3.63) is 12.2 Å². The van der Waals surface area contributed by atoms with Crippen LogP contribution in [0.5, 0.6) is 0 Å². The van der Waals surface area contributed by atoms with E-state index in [0.717, 1.165) is 0 Å². The van der Waals surface area contributed by atoms with Crippen LogP contribution < -0.4 is 0 Å². The van der Waals surface area contributed by atoms with Gasteiger partial charge in [-0.1, -0.05) is 41.4 Å². The fraction of sp³-hybridized carbons (Fsp3) is 0.500. The Morgan fingerprint density at radius 3 is 2.22 bits per heavy atom. The number of rotatable bonds is 5. The van der Waals surface area contributed by atoms with Crippen molar-refractivity contribution in [2.24, 2.45) is 0 Å². The predicted octanol–water partition coefficient (Wildman–Crippen LogP) is 2.33. The summed E-state index contributed by atoms with van der Waals surface area (Å²) in [6.07, 6.45) is 0.0426. The topological polar surface area (TPSA) is 69.7 Å². The number of halogens is 3. The lowest BCUT2D eigenvalue weighted by Gasteiger charge is -2.09. The molecule has 0 aromatic rings. The van der Waals surface area contributed by atoms with Gasteiger partial charge in [0.15, 0.2) is 0 Å². The molecule has 0 amide bonds. The van der Waals surface area contributed by atoms with Crippen LogP contribution in [0.3, 0.4) is 0 Å². The largest absolute Gasteiger partial charge is 0.462 e. The van der Waals surface area contributed by atoms with Gasteiger partial charge in [-0.05, 0) is 13.3 Å². The van der Waals surface area contributed by atoms with Gasteiger partial charge in [-0.3, -0.25) is 4.79 Å². The third-order valence-corrected chi connectivity index (χ3v) is 2.01. The molecule has 0 aromatic carbocycles. The monoisotopic (exact) mass is 316 g/mol. The van der Waals surface area contributed by atoms with Crippen LogP contribution in [0.15, 0.2) is 12.2 Å². The van der Waals surface area contributed by atoms with Crippen molar-refractivity contribution in [1.82, 2.24) is 0 Å². The zero-order chi connectivity index (χ0) is 14.3. The molecule has 0 saturated carbocycles. The first-order valence-corrected chi connectivity index (χ1v) is 5.92. The molecule has 0 atom stereocenters. The number of carbonyl (C=O) groups is 3. The second-order valence-corrected chi connectivity index (χ2v) is 5.56. The minimum atomic E-state index is -2.29. The smallest absolute Gasteiger partial charge is 0.366 e. The van der Waals surface area contributed by atoms with E-state index in [9.17, 15) is 14.4 Å². The second kappa shape index (κ2) is 7.61. The lowest BCUT2D eigenvalue weighted by Crippen LogP contribution is -2.25. The van der Waals surface area contributed by atoms with E-state index in [-0.39, 0.29) is 25.0 Å². The Bertz CT molecular complexity index is 359. The Morgan fingerprint density at radius 2 is 1.78 bits per heavy atom. The van der Waals surface area contributed by atoms with Crippen molar-refractivity contribution in [2.75, 3.05) is 6.61 Å². The number of ether oxygens (including phenoxy) is 2. The molecule has 0 aromatic heterocycles. The van der Waals surface area contributed by atoms with Crippen LogP contribution in [0.25, 0.3) is 0 Å². The van der Waals surface area contributed by atoms with Crippen molar-refractivity contribution in [3.8, 4) is 0 Å². The number of hydrogen-bond donors (Lipinski definition) is 0. The van der Waals surface area contributed by atoms with Crippen LogP contribution in [-0.4, -0.2) is 28.3 Å². The molecule has 0 rings (SSSR count). The zero-order valence-electron chi connectivity index (χ0n) is 9.50. The molecule has 0 bridgehead atoms. The average Bonchev–Trinajstić information content (AvgIpc) is 2.22. The highest BCUT2D eigenvalue weighted by Crippen LogP contribution is 2.27. The van der Waals surface area contributed by atoms with Crippen LogP contribution in [0.1, 0.15) is 19.8 Å². The summed E-state index contributed by atoms with van der Waals surface area (Å²) in [5, 5.41) is 0. The van der Waals surface area contributed by atoms with Crippen molar-refractivity contribution in [1.29, 1.82) is 0 Å². The first-order valence-electron chi connectivity index (χ1n) is 4.79. The second-order valence-electron chi connectivity index (χ2n) is 3.28. The minimum absolute atomic E-state index is 0.00273. The third kappa shape index (κ3) is 7.53. The molecule has 0 heterocycles. The predicted molar refractivity (Wildman–Crippen MR) is 66.4 cm³/mol. The Morgan fingerprint density at radius 1 is 1.22 bits per heavy atom. The fourth-order valence-electron chi connectivity index (χ4n) is 0.717. The molecule has 0 radical (unpaired) electrons. The molecular weight excluding hydrogens is 306 g/mol. The SMILES string of the molecule is C=C(C)C(=O)OCCCC(=O)OC(=O)C(Cl)(Cl)Cl. The molecule has 18 heavy (non-hydrogen) atoms. The molecule has 5 nitrogen and oxygen atoms in total. The first-order chi connectivity index (χ1) is 8.14. The summed E-state index contributed by atoms with van der Waals surface area (Å²) in [5.41, 5.74) is 0.254. The normalized spacial score (nSPS) is 10.7. The molecule has 102 valence electrons. The van der Waals surface area contributed by atoms with E-state index < -0.39 is 21.7 Å². The minimum Gasteiger partial charge on any atom is -0.462 e. The van der Waals surface area contributed by atoms with E-state index in [2.05, 4.69) is 11.3 Å². The van der Waals surface area contributed by atoms with Gasteiger partial charge >= 0.3 is 17.9 Å². The highest BCUT2D eigenvalue weighted by molar-refractivity contribution is 6.75. The Labute approximate surface area is 119 Å². The zero-order valence-corrected chi connectivity index (χ0v) is 11.8. The average molecular weight is 318 g/mol. The standard InChI is InChI=1S/C10H11Cl3O5/c1-6(2)8(15)17-5-3-4-7(14)18-9(16)10(11,12)13/h1,3-5H2,2H3. The number of hydrogen-bond acceptors (Lipinski definition) is 5. The third-order valence-electron chi connectivity index (χ3n) is 1.54. The fourth-order valence-corrected chi connectivity index (χ4v) is 0.833. The number of alkyl halides is 3. The highest BCUT2D eigenvalue weighted by atomic mass is 35.6. The summed E-state index contributed by atoms with van der Waals surface area (Å²) in [5.74, 6) is -2.69. The van der Waals surface area contributed by atoms with E-state index in [1.54, 1.807) is 0 Å². The Balaban J connectivity index is 3.83. The van der Waals surface area contributed by atoms with Gasteiger partial charge in [0, 0.05) is 12.0 Å². The van der Waals surface area contributed by atoms with Gasteiger partial charge in [0.25, 0.3) is 3.79 Å². The van der Waals surface area contributed by atoms with Crippen molar-refractivity contribution < 1.29 is 23.9 Å². The van der Waals surface area contributed by atoms with Crippen LogP contribution in [0.2, 0.25) is 0 Å². The van der Waals surface area contributed by atoms with Gasteiger partial charge in [0.2, 0.25) is 0 Å². The maximum atomic E-state index is 11.1. The summed E-state index contributed by atoms with van der Waals surface area (Å²) >= 11 is 15.6. The van der Waals surface area contributed by atoms with Gasteiger partial charge in [-0.25, -0.2) is 9.59 Å². The lowest BCUT2D eigenvalue weighted by atomic mass is 10.3. The van der Waals surface area contributed by atoms with Crippen LogP contribution in [-0.2, 0) is 23.9 Å². The van der Waals surface area contributed by atoms with Crippen molar-refractivity contribution in [2.45, 2.75) is 23.6 Å². The van der Waals surface area contributed by atoms with E-state index in [4.69, 9.17) is 39.5 Å². The summed E-state index contributed by atoms with van der Waals surface area (Å²) < 4.78 is 6.66. The molecule has 8 heteroatoms. The van der Waals surface area contributed by atoms with Gasteiger partial charge in [0.05, 0.1) is 6.61 Å². The van der Waals surface area contributed by atoms with Gasteiger partial charge in [-0.2, -0.15) is 0 Å². The Hall–Kier alpha value is -0.780. The lowest BCUT2D eigenvalue weighted by molar-refractivity contribution is -0.159. The molecule has 0 spiro atoms. The summed E-state index contributed by atoms with van der Waals surface area (Å²) in [6, 6.07) is 0. The van der Waals surface area contributed by atoms with Crippen molar-refractivity contribution in [3.63, 3.8) is 0 Å². The number of esters is 3. The molecule has 0 N–H and O–H groups in total. The highest BCUT2D eigenvalue weighted by Gasteiger charge is 2.34. The molecule has 0 unspecified atom stereocenters. The van der Waals surface area contributed by atoms with Crippen molar-refractivity contribution >= 4 is 52.7 Å². The van der Waals surface area contributed by atoms with Crippen LogP contribution in [0, 0.1) is 0 Å². The Kier molecular flexibility index (Phi) is 7.28. The summed E-state index contributed by atoms with van der Waals surface area (Å²) in [4.78, 5) is 33.0. The van der Waals surface area contributed by atoms with Gasteiger partial charge in [0.1, 0.15) is 0 Å². The first kappa shape index (κ1) is 17.2. The van der Waals surface area contributed by atoms with Crippen LogP contribution in [0.4, 0.5) is 0 Å². The molecular formula is C10H11Cl3O5. The maximum absolute atomic E-state index is 11.1. The van der Waals surface area contributed by atoms with E-state index in [1.807, 2.05) is 0 Å². The molecule has 0 aliphatic carbocycles. The molecule has 0 aliphatic heterocycles. The summed E-state index contributed by atoms with van der Waals surface area (Å²) in [6.45, 7) is 4.88. The van der Waals surface area contributed by atoms with E-state index in [1.165, 1.54) is 6.92 Å². The van der Waals surface area contributed by atoms with Gasteiger partial charge in [-0.15, -0.1) is 0 Å². The molecule has 0 aliphatic rings. The van der Waals surface area contributed by atoms with Crippen LogP contribution >= 0.6 is 34.8 Å². The molecule has 0 fully saturated rings. The molecule has 0 saturated heterocycles.